The third-order valence-corrected chi connectivity index (χ3v) is 17.7. The van der Waals surface area contributed by atoms with Crippen molar-refractivity contribution in [3.05, 3.63) is 211 Å². The molecule has 0 N–H and O–H groups in total. The zero-order chi connectivity index (χ0) is 77.7. The lowest BCUT2D eigenvalue weighted by molar-refractivity contribution is -0.00336. The predicted octanol–water partition coefficient (Wildman–Crippen LogP) is 17.3. The van der Waals surface area contributed by atoms with Crippen molar-refractivity contribution in [2.75, 3.05) is 152 Å². The van der Waals surface area contributed by atoms with E-state index in [2.05, 4.69) is 237 Å². The largest absolute Gasteiger partial charge is 0.379 e. The Morgan fingerprint density at radius 2 is 0.713 bits per heavy atom. The van der Waals surface area contributed by atoms with E-state index >= 15 is 0 Å². The van der Waals surface area contributed by atoms with Gasteiger partial charge >= 0.3 is 0 Å². The molecule has 1 aromatic heterocycles. The standard InChI is InChI=1S/C24H32O6.C23H39N3O4.C22H25N3O2.C19H32O2/c1-2-22-4-3-21(1)17-27-13-9-25-11-15-29-19-23-5-7-24(8-6-23)20-30-16-12-26-10-14-28-18-22;1-22(2,3)20-15-19(16-21(17-20)23(4,5)6)18-30-14-13-29-12-11-28-10-9-27-8-7-25-26-24;1-2-26-15-16-27-14-13-25-22-20-10-6-4-8-18(20)12-11-17-7-3-5-9-19(17)21(22)23-24-25;1-8-20-9-10-21-14-15-11-16(18(2,3)4)13-17(12-15)19(5,6)7/h1-8H,9-20H2;15-17H,7-14,18H2,1-6H3;3-10H,2,11-16H2,1H3;11-13H,8-10,14H2,1-7H3. The lowest BCUT2D eigenvalue weighted by Crippen LogP contribution is -2.17. The topological polar surface area (TPSA) is 209 Å². The quantitative estimate of drug-likeness (QED) is 0.0203. The monoisotopic (exact) mass is 1490 g/mol. The van der Waals surface area contributed by atoms with Gasteiger partial charge in [0, 0.05) is 35.8 Å². The van der Waals surface area contributed by atoms with Crippen LogP contribution in [0.4, 0.5) is 0 Å². The van der Waals surface area contributed by atoms with Gasteiger partial charge in [0.1, 0.15) is 5.69 Å². The van der Waals surface area contributed by atoms with Gasteiger partial charge in [0.2, 0.25) is 0 Å². The summed E-state index contributed by atoms with van der Waals surface area (Å²) in [6, 6.07) is 47.3. The number of fused-ring (bicyclic) bond motifs is 5. The van der Waals surface area contributed by atoms with Gasteiger partial charge in [-0.1, -0.05) is 227 Å². The molecule has 1 aliphatic carbocycles. The number of benzene rings is 6. The molecule has 7 aromatic rings. The van der Waals surface area contributed by atoms with Crippen molar-refractivity contribution in [2.24, 2.45) is 5.11 Å². The molecule has 12 rings (SSSR count). The number of nitrogens with zero attached hydrogens (tertiary/aromatic N) is 6. The van der Waals surface area contributed by atoms with E-state index in [4.69, 9.17) is 71.8 Å². The molecule has 0 amide bonds. The van der Waals surface area contributed by atoms with Crippen LogP contribution in [0.5, 0.6) is 0 Å². The Bertz CT molecular complexity index is 3440. The summed E-state index contributed by atoms with van der Waals surface area (Å²) in [4.78, 5) is 2.66. The number of hydrogen-bond acceptors (Lipinski definition) is 17. The molecule has 594 valence electrons. The molecule has 0 saturated carbocycles. The highest BCUT2D eigenvalue weighted by Crippen LogP contribution is 2.38. The summed E-state index contributed by atoms with van der Waals surface area (Å²) in [5.41, 5.74) is 28.2. The molecular weight excluding hydrogens is 1360 g/mol. The number of ether oxygens (including phenoxy) is 14. The number of azide groups is 1. The van der Waals surface area contributed by atoms with Crippen molar-refractivity contribution in [2.45, 2.75) is 178 Å². The van der Waals surface area contributed by atoms with E-state index in [0.717, 1.165) is 59.7 Å². The highest BCUT2D eigenvalue weighted by Gasteiger charge is 2.25. The van der Waals surface area contributed by atoms with E-state index in [0.29, 0.717) is 185 Å². The first-order valence-corrected chi connectivity index (χ1v) is 38.7. The first kappa shape index (κ1) is 90.1. The molecular formula is C88H128N6O14. The molecule has 5 heterocycles. The predicted molar refractivity (Wildman–Crippen MR) is 429 cm³/mol. The minimum Gasteiger partial charge on any atom is -0.379 e. The number of aryl methyl sites for hydroxylation is 2. The summed E-state index contributed by atoms with van der Waals surface area (Å²) in [7, 11) is 0. The maximum absolute atomic E-state index is 8.14. The first-order valence-electron chi connectivity index (χ1n) is 38.7. The van der Waals surface area contributed by atoms with Crippen LogP contribution >= 0.6 is 0 Å². The summed E-state index contributed by atoms with van der Waals surface area (Å²) >= 11 is 0. The molecule has 5 aliphatic rings. The van der Waals surface area contributed by atoms with Gasteiger partial charge in [-0.2, -0.15) is 0 Å². The van der Waals surface area contributed by atoms with Gasteiger partial charge in [-0.05, 0) is 121 Å². The summed E-state index contributed by atoms with van der Waals surface area (Å²) in [5, 5.41) is 12.4. The summed E-state index contributed by atoms with van der Waals surface area (Å²) in [6.45, 7) is 48.2. The summed E-state index contributed by atoms with van der Waals surface area (Å²) in [6.07, 6.45) is 2.03. The second-order valence-electron chi connectivity index (χ2n) is 30.6. The normalized spacial score (nSPS) is 14.2. The fourth-order valence-corrected chi connectivity index (χ4v) is 11.3. The fraction of sp³-hybridized carbons (Fsp3) is 0.568. The minimum atomic E-state index is 0.106. The van der Waals surface area contributed by atoms with Gasteiger partial charge in [-0.15, -0.1) is 5.10 Å². The van der Waals surface area contributed by atoms with E-state index in [9.17, 15) is 0 Å². The molecule has 0 saturated heterocycles. The second-order valence-corrected chi connectivity index (χ2v) is 30.6. The highest BCUT2D eigenvalue weighted by molar-refractivity contribution is 5.82. The molecule has 4 aliphatic heterocycles. The third kappa shape index (κ3) is 35.5. The van der Waals surface area contributed by atoms with E-state index in [-0.39, 0.29) is 21.7 Å². The smallest absolute Gasteiger partial charge is 0.121 e. The first-order chi connectivity index (χ1) is 52.1. The van der Waals surface area contributed by atoms with Crippen LogP contribution in [-0.4, -0.2) is 167 Å². The van der Waals surface area contributed by atoms with Crippen LogP contribution in [0.3, 0.4) is 0 Å². The van der Waals surface area contributed by atoms with Crippen LogP contribution in [0.25, 0.3) is 33.0 Å². The Kier molecular flexibility index (Phi) is 41.9. The fourth-order valence-electron chi connectivity index (χ4n) is 11.3. The van der Waals surface area contributed by atoms with Gasteiger partial charge in [-0.25, -0.2) is 4.68 Å². The number of rotatable bonds is 27. The van der Waals surface area contributed by atoms with Crippen LogP contribution < -0.4 is 0 Å². The molecule has 6 aromatic carbocycles. The van der Waals surface area contributed by atoms with Crippen LogP contribution in [0, 0.1) is 0 Å². The Morgan fingerprint density at radius 1 is 0.389 bits per heavy atom. The Balaban J connectivity index is 0.000000227. The van der Waals surface area contributed by atoms with Gasteiger partial charge < -0.3 is 66.3 Å². The Morgan fingerprint density at radius 3 is 1.08 bits per heavy atom. The van der Waals surface area contributed by atoms with Crippen LogP contribution in [0.15, 0.2) is 139 Å². The van der Waals surface area contributed by atoms with Crippen LogP contribution in [-0.2, 0) is 147 Å². The molecule has 4 bridgehead atoms. The lowest BCUT2D eigenvalue weighted by atomic mass is 9.79. The third-order valence-electron chi connectivity index (χ3n) is 17.7. The summed E-state index contributed by atoms with van der Waals surface area (Å²) < 4.78 is 79.8. The highest BCUT2D eigenvalue weighted by atomic mass is 16.6. The van der Waals surface area contributed by atoms with Crippen molar-refractivity contribution < 1.29 is 66.3 Å². The molecule has 0 spiro atoms. The average Bonchev–Trinajstić information content (AvgIpc) is 1.58. The molecule has 0 radical (unpaired) electrons. The summed E-state index contributed by atoms with van der Waals surface area (Å²) in [5.74, 6) is 0. The van der Waals surface area contributed by atoms with Gasteiger partial charge in [-0.3, -0.25) is 0 Å². The Labute approximate surface area is 646 Å². The van der Waals surface area contributed by atoms with Crippen molar-refractivity contribution in [1.82, 2.24) is 15.0 Å². The second kappa shape index (κ2) is 50.2. The SMILES string of the molecule is CC(C)(C)c1cc(COCCOCCOCCOCCN=[N+]=[N-])cc(C(C)(C)C)c1.CCOCCOCCn1nnc2c1-c1ccccc1CCc1ccccc1-2.CCOCCOCc1cc(C(C)(C)C)cc(C(C)(C)C)c1.c1cc2ccc1COCCOCCOCc1ccc(cc1)COCCOCCOC2. The molecule has 20 nitrogen and oxygen atoms in total. The van der Waals surface area contributed by atoms with Gasteiger partial charge in [0.25, 0.3) is 0 Å². The maximum Gasteiger partial charge on any atom is 0.121 e. The molecule has 0 unspecified atom stereocenters. The lowest BCUT2D eigenvalue weighted by Gasteiger charge is -2.26. The molecule has 108 heavy (non-hydrogen) atoms. The van der Waals surface area contributed by atoms with Crippen molar-refractivity contribution >= 4 is 0 Å². The molecule has 20 heteroatoms. The maximum atomic E-state index is 8.14. The number of hydrogen-bond donors (Lipinski definition) is 0. The molecule has 0 fully saturated rings. The minimum absolute atomic E-state index is 0.106. The van der Waals surface area contributed by atoms with Crippen molar-refractivity contribution in [3.63, 3.8) is 0 Å². The van der Waals surface area contributed by atoms with Crippen molar-refractivity contribution in [1.29, 1.82) is 0 Å². The van der Waals surface area contributed by atoms with Crippen molar-refractivity contribution in [3.8, 4) is 22.5 Å². The van der Waals surface area contributed by atoms with Crippen LogP contribution in [0.2, 0.25) is 0 Å². The van der Waals surface area contributed by atoms with Crippen LogP contribution in [0.1, 0.15) is 164 Å². The zero-order valence-electron chi connectivity index (χ0n) is 67.7. The number of aromatic nitrogens is 3. The molecule has 0 atom stereocenters. The average molecular weight is 1490 g/mol. The van der Waals surface area contributed by atoms with Gasteiger partial charge in [0.05, 0.1) is 184 Å². The van der Waals surface area contributed by atoms with Gasteiger partial charge in [0.15, 0.2) is 0 Å². The zero-order valence-corrected chi connectivity index (χ0v) is 67.7. The Hall–Kier alpha value is -6.79. The van der Waals surface area contributed by atoms with E-state index < -0.39 is 0 Å². The van der Waals surface area contributed by atoms with E-state index in [1.807, 2.05) is 18.5 Å². The van der Waals surface area contributed by atoms with E-state index in [1.165, 1.54) is 55.6 Å². The van der Waals surface area contributed by atoms with E-state index in [1.54, 1.807) is 0 Å².